The fourth-order valence-electron chi connectivity index (χ4n) is 2.60. The van der Waals surface area contributed by atoms with Gasteiger partial charge in [0.15, 0.2) is 0 Å². The first-order chi connectivity index (χ1) is 8.35. The van der Waals surface area contributed by atoms with Gasteiger partial charge in [-0.15, -0.1) is 0 Å². The van der Waals surface area contributed by atoms with E-state index in [0.29, 0.717) is 0 Å². The average molecular weight is 301 g/mol. The predicted octanol–water partition coefficient (Wildman–Crippen LogP) is 2.44. The standard InChI is InChI=1S/C12H21BrN4/c1-2-17-12(14-10-15-17)9-16-8-4-6-11(16)5-3-7-13/h10-11H,2-9H2,1H3. The lowest BCUT2D eigenvalue weighted by Gasteiger charge is -2.23. The number of aromatic nitrogens is 3. The summed E-state index contributed by atoms with van der Waals surface area (Å²) in [4.78, 5) is 6.93. The largest absolute Gasteiger partial charge is 0.293 e. The molecule has 2 rings (SSSR count). The van der Waals surface area contributed by atoms with Gasteiger partial charge in [-0.05, 0) is 39.2 Å². The second kappa shape index (κ2) is 6.50. The van der Waals surface area contributed by atoms with Crippen molar-refractivity contribution in [1.82, 2.24) is 19.7 Å². The van der Waals surface area contributed by atoms with E-state index in [1.807, 2.05) is 4.68 Å². The summed E-state index contributed by atoms with van der Waals surface area (Å²) in [5, 5.41) is 5.35. The normalized spacial score (nSPS) is 21.2. The van der Waals surface area contributed by atoms with Crippen molar-refractivity contribution in [3.05, 3.63) is 12.2 Å². The van der Waals surface area contributed by atoms with E-state index in [2.05, 4.69) is 37.8 Å². The number of likely N-dealkylation sites (tertiary alicyclic amines) is 1. The molecule has 0 N–H and O–H groups in total. The van der Waals surface area contributed by atoms with E-state index in [9.17, 15) is 0 Å². The molecule has 1 fully saturated rings. The van der Waals surface area contributed by atoms with Gasteiger partial charge < -0.3 is 0 Å². The Kier molecular flexibility index (Phi) is 4.98. The number of hydrogen-bond donors (Lipinski definition) is 0. The van der Waals surface area contributed by atoms with Gasteiger partial charge >= 0.3 is 0 Å². The quantitative estimate of drug-likeness (QED) is 0.757. The molecule has 96 valence electrons. The van der Waals surface area contributed by atoms with Crippen LogP contribution in [-0.2, 0) is 13.1 Å². The summed E-state index contributed by atoms with van der Waals surface area (Å²) in [6.07, 6.45) is 6.90. The summed E-state index contributed by atoms with van der Waals surface area (Å²) in [5.74, 6) is 1.11. The van der Waals surface area contributed by atoms with Crippen LogP contribution in [0.15, 0.2) is 6.33 Å². The highest BCUT2D eigenvalue weighted by molar-refractivity contribution is 9.09. The molecule has 1 atom stereocenters. The molecule has 1 aliphatic rings. The number of rotatable bonds is 6. The molecule has 1 aromatic heterocycles. The van der Waals surface area contributed by atoms with Gasteiger partial charge in [0.1, 0.15) is 12.2 Å². The summed E-state index contributed by atoms with van der Waals surface area (Å²) in [6.45, 7) is 5.20. The smallest absolute Gasteiger partial charge is 0.141 e. The Hall–Kier alpha value is -0.420. The molecular formula is C12H21BrN4. The number of alkyl halides is 1. The Labute approximate surface area is 112 Å². The minimum absolute atomic E-state index is 0.745. The first-order valence-electron chi connectivity index (χ1n) is 6.51. The van der Waals surface area contributed by atoms with Crippen molar-refractivity contribution < 1.29 is 0 Å². The van der Waals surface area contributed by atoms with Crippen molar-refractivity contribution in [2.45, 2.75) is 51.7 Å². The Morgan fingerprint density at radius 3 is 3.18 bits per heavy atom. The average Bonchev–Trinajstić information content (AvgIpc) is 2.96. The van der Waals surface area contributed by atoms with Crippen LogP contribution >= 0.6 is 15.9 Å². The second-order valence-corrected chi connectivity index (χ2v) is 5.38. The van der Waals surface area contributed by atoms with Crippen LogP contribution in [0.2, 0.25) is 0 Å². The van der Waals surface area contributed by atoms with Crippen molar-refractivity contribution in [1.29, 1.82) is 0 Å². The molecule has 1 unspecified atom stereocenters. The van der Waals surface area contributed by atoms with Crippen LogP contribution in [0.4, 0.5) is 0 Å². The minimum Gasteiger partial charge on any atom is -0.293 e. The molecule has 4 nitrogen and oxygen atoms in total. The first kappa shape index (κ1) is 13.0. The molecule has 0 radical (unpaired) electrons. The first-order valence-corrected chi connectivity index (χ1v) is 7.64. The van der Waals surface area contributed by atoms with Gasteiger partial charge in [0.2, 0.25) is 0 Å². The van der Waals surface area contributed by atoms with Crippen LogP contribution in [-0.4, -0.2) is 37.6 Å². The van der Waals surface area contributed by atoms with Gasteiger partial charge in [-0.3, -0.25) is 4.90 Å². The van der Waals surface area contributed by atoms with Crippen molar-refractivity contribution in [3.63, 3.8) is 0 Å². The Morgan fingerprint density at radius 1 is 1.53 bits per heavy atom. The molecule has 2 heterocycles. The van der Waals surface area contributed by atoms with E-state index in [1.165, 1.54) is 32.2 Å². The monoisotopic (exact) mass is 300 g/mol. The fraction of sp³-hybridized carbons (Fsp3) is 0.833. The number of aryl methyl sites for hydroxylation is 1. The molecule has 0 saturated carbocycles. The highest BCUT2D eigenvalue weighted by Gasteiger charge is 2.25. The lowest BCUT2D eigenvalue weighted by molar-refractivity contribution is 0.224. The van der Waals surface area contributed by atoms with Crippen molar-refractivity contribution in [3.8, 4) is 0 Å². The minimum atomic E-state index is 0.745. The third-order valence-corrected chi connectivity index (χ3v) is 4.07. The Bertz CT molecular complexity index is 339. The van der Waals surface area contributed by atoms with Gasteiger partial charge in [-0.25, -0.2) is 9.67 Å². The summed E-state index contributed by atoms with van der Waals surface area (Å²) >= 11 is 3.52. The molecule has 1 aliphatic heterocycles. The molecule has 1 saturated heterocycles. The van der Waals surface area contributed by atoms with Crippen LogP contribution in [0, 0.1) is 0 Å². The third kappa shape index (κ3) is 3.28. The Morgan fingerprint density at radius 2 is 2.41 bits per heavy atom. The predicted molar refractivity (Wildman–Crippen MR) is 72.2 cm³/mol. The van der Waals surface area contributed by atoms with E-state index in [4.69, 9.17) is 0 Å². The Balaban J connectivity index is 1.93. The van der Waals surface area contributed by atoms with Gasteiger partial charge in [-0.1, -0.05) is 15.9 Å². The zero-order valence-electron chi connectivity index (χ0n) is 10.5. The zero-order chi connectivity index (χ0) is 12.1. The highest BCUT2D eigenvalue weighted by Crippen LogP contribution is 2.23. The molecule has 0 aromatic carbocycles. The zero-order valence-corrected chi connectivity index (χ0v) is 12.1. The van der Waals surface area contributed by atoms with Gasteiger partial charge in [0, 0.05) is 17.9 Å². The maximum Gasteiger partial charge on any atom is 0.141 e. The molecular weight excluding hydrogens is 280 g/mol. The SMILES string of the molecule is CCn1ncnc1CN1CCCC1CCCBr. The number of hydrogen-bond acceptors (Lipinski definition) is 3. The molecule has 0 amide bonds. The maximum atomic E-state index is 4.37. The van der Waals surface area contributed by atoms with Crippen molar-refractivity contribution in [2.75, 3.05) is 11.9 Å². The third-order valence-electron chi connectivity index (χ3n) is 3.51. The van der Waals surface area contributed by atoms with Crippen LogP contribution in [0.1, 0.15) is 38.4 Å². The van der Waals surface area contributed by atoms with E-state index in [-0.39, 0.29) is 0 Å². The number of halogens is 1. The molecule has 0 spiro atoms. The van der Waals surface area contributed by atoms with Gasteiger partial charge in [0.05, 0.1) is 6.54 Å². The lowest BCUT2D eigenvalue weighted by atomic mass is 10.1. The van der Waals surface area contributed by atoms with Crippen LogP contribution < -0.4 is 0 Å². The fourth-order valence-corrected chi connectivity index (χ4v) is 2.92. The van der Waals surface area contributed by atoms with E-state index in [0.717, 1.165) is 30.3 Å². The van der Waals surface area contributed by atoms with Crippen molar-refractivity contribution in [2.24, 2.45) is 0 Å². The van der Waals surface area contributed by atoms with E-state index in [1.54, 1.807) is 6.33 Å². The molecule has 5 heteroatoms. The molecule has 0 bridgehead atoms. The van der Waals surface area contributed by atoms with E-state index >= 15 is 0 Å². The van der Waals surface area contributed by atoms with Crippen molar-refractivity contribution >= 4 is 15.9 Å². The summed E-state index contributed by atoms with van der Waals surface area (Å²) in [5.41, 5.74) is 0. The van der Waals surface area contributed by atoms with E-state index < -0.39 is 0 Å². The molecule has 1 aromatic rings. The molecule has 0 aliphatic carbocycles. The lowest BCUT2D eigenvalue weighted by Crippen LogP contribution is -2.30. The topological polar surface area (TPSA) is 34.0 Å². The summed E-state index contributed by atoms with van der Waals surface area (Å²) in [6, 6.07) is 0.745. The van der Waals surface area contributed by atoms with Gasteiger partial charge in [0.25, 0.3) is 0 Å². The highest BCUT2D eigenvalue weighted by atomic mass is 79.9. The van der Waals surface area contributed by atoms with Gasteiger partial charge in [-0.2, -0.15) is 5.10 Å². The maximum absolute atomic E-state index is 4.37. The molecule has 17 heavy (non-hydrogen) atoms. The van der Waals surface area contributed by atoms with Crippen LogP contribution in [0.3, 0.4) is 0 Å². The van der Waals surface area contributed by atoms with Crippen LogP contribution in [0.5, 0.6) is 0 Å². The summed E-state index contributed by atoms with van der Waals surface area (Å²) in [7, 11) is 0. The van der Waals surface area contributed by atoms with Crippen LogP contribution in [0.25, 0.3) is 0 Å². The summed E-state index contributed by atoms with van der Waals surface area (Å²) < 4.78 is 2.00. The number of nitrogens with zero attached hydrogens (tertiary/aromatic N) is 4. The second-order valence-electron chi connectivity index (χ2n) is 4.59.